The molecular weight excluding hydrogens is 264 g/mol. The van der Waals surface area contributed by atoms with Gasteiger partial charge in [-0.15, -0.1) is 0 Å². The third kappa shape index (κ3) is 1.98. The van der Waals surface area contributed by atoms with E-state index in [-0.39, 0.29) is 5.76 Å². The molecule has 0 bridgehead atoms. The molecule has 1 heterocycles. The molecule has 0 aliphatic carbocycles. The number of carboxylic acid groups (broad SMARTS) is 1. The SMILES string of the molecule is O=C(O)c1oc2ccc(Cl)cc2c1-c1ccccc1. The van der Waals surface area contributed by atoms with Gasteiger partial charge < -0.3 is 9.52 Å². The molecule has 0 amide bonds. The molecule has 0 saturated carbocycles. The van der Waals surface area contributed by atoms with Crippen molar-refractivity contribution in [1.82, 2.24) is 0 Å². The van der Waals surface area contributed by atoms with Gasteiger partial charge in [0.25, 0.3) is 0 Å². The Morgan fingerprint density at radius 2 is 1.84 bits per heavy atom. The normalized spacial score (nSPS) is 10.8. The van der Waals surface area contributed by atoms with Gasteiger partial charge >= 0.3 is 5.97 Å². The number of halogens is 1. The molecule has 0 atom stereocenters. The van der Waals surface area contributed by atoms with E-state index in [9.17, 15) is 9.90 Å². The lowest BCUT2D eigenvalue weighted by Crippen LogP contribution is -1.95. The summed E-state index contributed by atoms with van der Waals surface area (Å²) in [5, 5.41) is 10.5. The number of hydrogen-bond donors (Lipinski definition) is 1. The van der Waals surface area contributed by atoms with Crippen molar-refractivity contribution >= 4 is 28.5 Å². The van der Waals surface area contributed by atoms with Crippen molar-refractivity contribution in [3.8, 4) is 11.1 Å². The minimum atomic E-state index is -1.09. The topological polar surface area (TPSA) is 50.4 Å². The summed E-state index contributed by atoms with van der Waals surface area (Å²) in [6, 6.07) is 14.3. The standard InChI is InChI=1S/C15H9ClO3/c16-10-6-7-12-11(8-10)13(14(19-12)15(17)18)9-4-2-1-3-5-9/h1-8H,(H,17,18). The van der Waals surface area contributed by atoms with E-state index in [1.165, 1.54) is 0 Å². The largest absolute Gasteiger partial charge is 0.475 e. The van der Waals surface area contributed by atoms with Gasteiger partial charge in [0, 0.05) is 16.0 Å². The molecule has 3 nitrogen and oxygen atoms in total. The maximum atomic E-state index is 11.3. The molecule has 1 aromatic heterocycles. The molecule has 4 heteroatoms. The number of fused-ring (bicyclic) bond motifs is 1. The van der Waals surface area contributed by atoms with Crippen LogP contribution in [0.25, 0.3) is 22.1 Å². The monoisotopic (exact) mass is 272 g/mol. The second-order valence-electron chi connectivity index (χ2n) is 4.12. The van der Waals surface area contributed by atoms with E-state index >= 15 is 0 Å². The van der Waals surface area contributed by atoms with Crippen molar-refractivity contribution in [3.63, 3.8) is 0 Å². The Morgan fingerprint density at radius 3 is 2.53 bits per heavy atom. The number of benzene rings is 2. The Morgan fingerprint density at radius 1 is 1.11 bits per heavy atom. The Hall–Kier alpha value is -2.26. The van der Waals surface area contributed by atoms with E-state index < -0.39 is 5.97 Å². The highest BCUT2D eigenvalue weighted by molar-refractivity contribution is 6.31. The van der Waals surface area contributed by atoms with Crippen molar-refractivity contribution < 1.29 is 14.3 Å². The third-order valence-corrected chi connectivity index (χ3v) is 3.14. The summed E-state index contributed by atoms with van der Waals surface area (Å²) >= 11 is 5.98. The summed E-state index contributed by atoms with van der Waals surface area (Å²) in [7, 11) is 0. The molecular formula is C15H9ClO3. The van der Waals surface area contributed by atoms with E-state index in [1.807, 2.05) is 30.3 Å². The Bertz CT molecular complexity index is 760. The second kappa shape index (κ2) is 4.44. The molecule has 0 aliphatic heterocycles. The first-order valence-electron chi connectivity index (χ1n) is 5.67. The number of carboxylic acids is 1. The lowest BCUT2D eigenvalue weighted by molar-refractivity contribution is 0.0666. The molecule has 0 aliphatic rings. The molecule has 3 rings (SSSR count). The van der Waals surface area contributed by atoms with Gasteiger partial charge in [0.1, 0.15) is 5.58 Å². The number of hydrogen-bond acceptors (Lipinski definition) is 2. The summed E-state index contributed by atoms with van der Waals surface area (Å²) in [6.45, 7) is 0. The van der Waals surface area contributed by atoms with Crippen molar-refractivity contribution in [1.29, 1.82) is 0 Å². The van der Waals surface area contributed by atoms with Crippen LogP contribution in [0.5, 0.6) is 0 Å². The van der Waals surface area contributed by atoms with Crippen LogP contribution >= 0.6 is 11.6 Å². The summed E-state index contributed by atoms with van der Waals surface area (Å²) < 4.78 is 5.41. The summed E-state index contributed by atoms with van der Waals surface area (Å²) in [5.74, 6) is -1.16. The Balaban J connectivity index is 2.40. The lowest BCUT2D eigenvalue weighted by Gasteiger charge is -2.00. The van der Waals surface area contributed by atoms with Crippen LogP contribution in [0.3, 0.4) is 0 Å². The van der Waals surface area contributed by atoms with E-state index in [4.69, 9.17) is 16.0 Å². The highest BCUT2D eigenvalue weighted by Crippen LogP contribution is 2.36. The van der Waals surface area contributed by atoms with Crippen molar-refractivity contribution in [2.75, 3.05) is 0 Å². The maximum Gasteiger partial charge on any atom is 0.372 e. The fourth-order valence-electron chi connectivity index (χ4n) is 2.11. The predicted molar refractivity (Wildman–Crippen MR) is 73.6 cm³/mol. The van der Waals surface area contributed by atoms with Crippen LogP contribution in [-0.4, -0.2) is 11.1 Å². The summed E-state index contributed by atoms with van der Waals surface area (Å²) in [4.78, 5) is 11.3. The fourth-order valence-corrected chi connectivity index (χ4v) is 2.28. The zero-order valence-electron chi connectivity index (χ0n) is 9.76. The minimum absolute atomic E-state index is 0.0662. The summed E-state index contributed by atoms with van der Waals surface area (Å²) in [6.07, 6.45) is 0. The molecule has 0 saturated heterocycles. The van der Waals surface area contributed by atoms with Crippen LogP contribution in [0, 0.1) is 0 Å². The van der Waals surface area contributed by atoms with Gasteiger partial charge in [0.15, 0.2) is 0 Å². The van der Waals surface area contributed by atoms with Gasteiger partial charge in [-0.2, -0.15) is 0 Å². The molecule has 3 aromatic rings. The van der Waals surface area contributed by atoms with Gasteiger partial charge in [0.2, 0.25) is 5.76 Å². The number of rotatable bonds is 2. The first-order valence-corrected chi connectivity index (χ1v) is 6.05. The quantitative estimate of drug-likeness (QED) is 0.750. The van der Waals surface area contributed by atoms with Gasteiger partial charge in [-0.3, -0.25) is 0 Å². The van der Waals surface area contributed by atoms with Crippen LogP contribution in [0.2, 0.25) is 5.02 Å². The molecule has 1 N–H and O–H groups in total. The van der Waals surface area contributed by atoms with Gasteiger partial charge in [0.05, 0.1) is 0 Å². The average molecular weight is 273 g/mol. The van der Waals surface area contributed by atoms with Crippen LogP contribution in [-0.2, 0) is 0 Å². The minimum Gasteiger partial charge on any atom is -0.475 e. The van der Waals surface area contributed by atoms with E-state index in [0.29, 0.717) is 21.6 Å². The van der Waals surface area contributed by atoms with E-state index in [1.54, 1.807) is 18.2 Å². The molecule has 0 unspecified atom stereocenters. The molecule has 0 radical (unpaired) electrons. The van der Waals surface area contributed by atoms with Crippen molar-refractivity contribution in [3.05, 3.63) is 59.3 Å². The molecule has 0 fully saturated rings. The summed E-state index contributed by atoms with van der Waals surface area (Å²) in [5.41, 5.74) is 1.87. The maximum absolute atomic E-state index is 11.3. The average Bonchev–Trinajstić information content (AvgIpc) is 2.78. The third-order valence-electron chi connectivity index (χ3n) is 2.91. The van der Waals surface area contributed by atoms with Crippen LogP contribution in [0.1, 0.15) is 10.6 Å². The zero-order chi connectivity index (χ0) is 13.4. The molecule has 19 heavy (non-hydrogen) atoms. The fraction of sp³-hybridized carbons (Fsp3) is 0. The van der Waals surface area contributed by atoms with Gasteiger partial charge in [-0.1, -0.05) is 41.9 Å². The first kappa shape index (κ1) is 11.8. The predicted octanol–water partition coefficient (Wildman–Crippen LogP) is 4.45. The molecule has 94 valence electrons. The molecule has 0 spiro atoms. The van der Waals surface area contributed by atoms with Crippen molar-refractivity contribution in [2.45, 2.75) is 0 Å². The van der Waals surface area contributed by atoms with E-state index in [2.05, 4.69) is 0 Å². The molecule has 2 aromatic carbocycles. The highest BCUT2D eigenvalue weighted by atomic mass is 35.5. The lowest BCUT2D eigenvalue weighted by atomic mass is 10.0. The Kier molecular flexibility index (Phi) is 2.76. The van der Waals surface area contributed by atoms with Gasteiger partial charge in [-0.05, 0) is 23.8 Å². The smallest absolute Gasteiger partial charge is 0.372 e. The first-order chi connectivity index (χ1) is 9.16. The zero-order valence-corrected chi connectivity index (χ0v) is 10.5. The van der Waals surface area contributed by atoms with E-state index in [0.717, 1.165) is 5.56 Å². The number of furan rings is 1. The van der Waals surface area contributed by atoms with Gasteiger partial charge in [-0.25, -0.2) is 4.79 Å². The Labute approximate surface area is 114 Å². The van der Waals surface area contributed by atoms with Crippen LogP contribution < -0.4 is 0 Å². The second-order valence-corrected chi connectivity index (χ2v) is 4.55. The number of carbonyl (C=O) groups is 1. The van der Waals surface area contributed by atoms with Crippen molar-refractivity contribution in [2.24, 2.45) is 0 Å². The van der Waals surface area contributed by atoms with Crippen LogP contribution in [0.4, 0.5) is 0 Å². The highest BCUT2D eigenvalue weighted by Gasteiger charge is 2.21. The van der Waals surface area contributed by atoms with Crippen LogP contribution in [0.15, 0.2) is 52.9 Å². The number of aromatic carboxylic acids is 1.